The summed E-state index contributed by atoms with van der Waals surface area (Å²) in [5, 5.41) is 10.2. The molecule has 1 aliphatic carbocycles. The molecule has 2 nitrogen and oxygen atoms in total. The highest BCUT2D eigenvalue weighted by Crippen LogP contribution is 2.39. The maximum atomic E-state index is 12.8. The third-order valence-electron chi connectivity index (χ3n) is 4.25. The molecule has 1 aromatic rings. The van der Waals surface area contributed by atoms with E-state index in [9.17, 15) is 31.4 Å². The molecule has 23 heavy (non-hydrogen) atoms. The molecule has 0 radical (unpaired) electrons. The van der Waals surface area contributed by atoms with Crippen molar-refractivity contribution in [1.82, 2.24) is 0 Å². The average Bonchev–Trinajstić information content (AvgIpc) is 2.97. The molecule has 1 fully saturated rings. The van der Waals surface area contributed by atoms with Crippen LogP contribution in [0.3, 0.4) is 0 Å². The van der Waals surface area contributed by atoms with Gasteiger partial charge >= 0.3 is 12.4 Å². The predicted molar refractivity (Wildman–Crippen MR) is 71.3 cm³/mol. The van der Waals surface area contributed by atoms with Crippen molar-refractivity contribution < 1.29 is 31.4 Å². The summed E-state index contributed by atoms with van der Waals surface area (Å²) in [7, 11) is 0. The first-order valence-electron chi connectivity index (χ1n) is 7.23. The summed E-state index contributed by atoms with van der Waals surface area (Å²) in [5.74, 6) is -0.200. The largest absolute Gasteiger partial charge is 0.416 e. The van der Waals surface area contributed by atoms with Gasteiger partial charge in [-0.05, 0) is 42.5 Å². The van der Waals surface area contributed by atoms with Gasteiger partial charge in [0, 0.05) is 0 Å². The van der Waals surface area contributed by atoms with Crippen LogP contribution in [0.5, 0.6) is 0 Å². The van der Waals surface area contributed by atoms with E-state index in [2.05, 4.69) is 0 Å². The molecular formula is C15H17F6NO. The first-order chi connectivity index (χ1) is 10.5. The van der Waals surface area contributed by atoms with Crippen LogP contribution < -0.4 is 5.73 Å². The van der Waals surface area contributed by atoms with Gasteiger partial charge in [-0.25, -0.2) is 0 Å². The Balaban J connectivity index is 2.40. The summed E-state index contributed by atoms with van der Waals surface area (Å²) >= 11 is 0. The second-order valence-electron chi connectivity index (χ2n) is 5.90. The molecule has 0 saturated heterocycles. The highest BCUT2D eigenvalue weighted by molar-refractivity contribution is 5.35. The fourth-order valence-corrected chi connectivity index (χ4v) is 2.96. The molecule has 0 bridgehead atoms. The average molecular weight is 341 g/mol. The summed E-state index contributed by atoms with van der Waals surface area (Å²) in [6.45, 7) is 0. The van der Waals surface area contributed by atoms with Gasteiger partial charge in [0.15, 0.2) is 0 Å². The number of hydrogen-bond donors (Lipinski definition) is 2. The normalized spacial score (nSPS) is 19.8. The Bertz CT molecular complexity index is 516. The number of nitrogens with two attached hydrogens (primary N) is 1. The van der Waals surface area contributed by atoms with Crippen LogP contribution in [0.25, 0.3) is 0 Å². The lowest BCUT2D eigenvalue weighted by atomic mass is 9.89. The van der Waals surface area contributed by atoms with E-state index in [-0.39, 0.29) is 17.5 Å². The molecule has 0 spiro atoms. The smallest absolute Gasteiger partial charge is 0.391 e. The number of hydrogen-bond acceptors (Lipinski definition) is 2. The Labute approximate surface area is 129 Å². The second-order valence-corrected chi connectivity index (χ2v) is 5.90. The Morgan fingerprint density at radius 3 is 1.74 bits per heavy atom. The lowest BCUT2D eigenvalue weighted by molar-refractivity contribution is -0.143. The lowest BCUT2D eigenvalue weighted by Crippen LogP contribution is -2.32. The Kier molecular flexibility index (Phi) is 4.96. The third kappa shape index (κ3) is 4.17. The highest BCUT2D eigenvalue weighted by atomic mass is 19.4. The van der Waals surface area contributed by atoms with Gasteiger partial charge in [0.05, 0.1) is 23.3 Å². The van der Waals surface area contributed by atoms with Crippen molar-refractivity contribution in [2.24, 2.45) is 11.7 Å². The quantitative estimate of drug-likeness (QED) is 0.807. The molecule has 0 unspecified atom stereocenters. The van der Waals surface area contributed by atoms with Crippen molar-refractivity contribution in [3.05, 3.63) is 34.9 Å². The van der Waals surface area contributed by atoms with E-state index in [1.165, 1.54) is 0 Å². The highest BCUT2D eigenvalue weighted by Gasteiger charge is 2.38. The molecule has 0 heterocycles. The van der Waals surface area contributed by atoms with Crippen LogP contribution in [0.1, 0.15) is 48.4 Å². The summed E-state index contributed by atoms with van der Waals surface area (Å²) in [6.07, 6.45) is -7.94. The van der Waals surface area contributed by atoms with Gasteiger partial charge in [0.1, 0.15) is 0 Å². The number of benzene rings is 1. The van der Waals surface area contributed by atoms with Crippen molar-refractivity contribution in [2.75, 3.05) is 0 Å². The maximum absolute atomic E-state index is 12.8. The van der Waals surface area contributed by atoms with Crippen molar-refractivity contribution in [1.29, 1.82) is 0 Å². The van der Waals surface area contributed by atoms with Crippen molar-refractivity contribution >= 4 is 0 Å². The molecule has 2 atom stereocenters. The molecule has 130 valence electrons. The Morgan fingerprint density at radius 2 is 1.35 bits per heavy atom. The van der Waals surface area contributed by atoms with Crippen LogP contribution >= 0.6 is 0 Å². The van der Waals surface area contributed by atoms with Crippen molar-refractivity contribution in [3.63, 3.8) is 0 Å². The summed E-state index contributed by atoms with van der Waals surface area (Å²) < 4.78 is 77.0. The second kappa shape index (κ2) is 6.32. The lowest BCUT2D eigenvalue weighted by Gasteiger charge is -2.26. The molecule has 1 saturated carbocycles. The van der Waals surface area contributed by atoms with Crippen LogP contribution in [-0.2, 0) is 12.4 Å². The topological polar surface area (TPSA) is 46.2 Å². The molecule has 0 aliphatic heterocycles. The SMILES string of the molecule is N[C@H](c1cc(C(F)(F)F)cc(C(F)(F)F)c1)[C@@H](O)C1CCCC1. The van der Waals surface area contributed by atoms with Gasteiger partial charge in [-0.2, -0.15) is 26.3 Å². The van der Waals surface area contributed by atoms with Crippen LogP contribution in [0.4, 0.5) is 26.3 Å². The molecular weight excluding hydrogens is 324 g/mol. The number of rotatable bonds is 3. The van der Waals surface area contributed by atoms with Gasteiger partial charge in [-0.1, -0.05) is 12.8 Å². The maximum Gasteiger partial charge on any atom is 0.416 e. The molecule has 8 heteroatoms. The molecule has 0 amide bonds. The van der Waals surface area contributed by atoms with Gasteiger partial charge in [-0.3, -0.25) is 0 Å². The summed E-state index contributed by atoms with van der Waals surface area (Å²) in [4.78, 5) is 0. The van der Waals surface area contributed by atoms with E-state index >= 15 is 0 Å². The van der Waals surface area contributed by atoms with Crippen LogP contribution in [0.2, 0.25) is 0 Å². The fourth-order valence-electron chi connectivity index (χ4n) is 2.96. The minimum absolute atomic E-state index is 0.0537. The molecule has 0 aromatic heterocycles. The van der Waals surface area contributed by atoms with Gasteiger partial charge < -0.3 is 10.8 Å². The zero-order chi connectivity index (χ0) is 17.4. The van der Waals surface area contributed by atoms with E-state index in [0.29, 0.717) is 25.0 Å². The van der Waals surface area contributed by atoms with Crippen LogP contribution in [0.15, 0.2) is 18.2 Å². The number of aliphatic hydroxyl groups is 1. The molecule has 1 aromatic carbocycles. The number of alkyl halides is 6. The van der Waals surface area contributed by atoms with E-state index in [1.807, 2.05) is 0 Å². The standard InChI is InChI=1S/C15H17F6NO/c16-14(17,18)10-5-9(6-11(7-10)15(19,20)21)12(22)13(23)8-3-1-2-4-8/h5-8,12-13,23H,1-4,22H2/t12-,13+/m1/s1. The molecule has 3 N–H and O–H groups in total. The van der Waals surface area contributed by atoms with Crippen LogP contribution in [0, 0.1) is 5.92 Å². The van der Waals surface area contributed by atoms with Gasteiger partial charge in [0.25, 0.3) is 0 Å². The first-order valence-corrected chi connectivity index (χ1v) is 7.23. The monoisotopic (exact) mass is 341 g/mol. The third-order valence-corrected chi connectivity index (χ3v) is 4.25. The minimum atomic E-state index is -4.92. The molecule has 1 aliphatic rings. The zero-order valence-electron chi connectivity index (χ0n) is 12.1. The zero-order valence-corrected chi connectivity index (χ0v) is 12.1. The van der Waals surface area contributed by atoms with Gasteiger partial charge in [0.2, 0.25) is 0 Å². The Hall–Kier alpha value is -1.28. The van der Waals surface area contributed by atoms with Crippen molar-refractivity contribution in [2.45, 2.75) is 50.2 Å². The number of aliphatic hydroxyl groups excluding tert-OH is 1. The summed E-state index contributed by atoms with van der Waals surface area (Å²) in [6, 6.07) is -0.0737. The van der Waals surface area contributed by atoms with E-state index in [0.717, 1.165) is 12.8 Å². The van der Waals surface area contributed by atoms with E-state index < -0.39 is 35.6 Å². The minimum Gasteiger partial charge on any atom is -0.391 e. The van der Waals surface area contributed by atoms with Gasteiger partial charge in [-0.15, -0.1) is 0 Å². The fraction of sp³-hybridized carbons (Fsp3) is 0.600. The first kappa shape index (κ1) is 18.1. The van der Waals surface area contributed by atoms with Crippen LogP contribution in [-0.4, -0.2) is 11.2 Å². The van der Waals surface area contributed by atoms with Crippen molar-refractivity contribution in [3.8, 4) is 0 Å². The summed E-state index contributed by atoms with van der Waals surface area (Å²) in [5.41, 5.74) is 2.56. The van der Waals surface area contributed by atoms with E-state index in [1.54, 1.807) is 0 Å². The van der Waals surface area contributed by atoms with E-state index in [4.69, 9.17) is 5.73 Å². The number of halogens is 6. The predicted octanol–water partition coefficient (Wildman–Crippen LogP) is 4.28. The molecule has 2 rings (SSSR count). The Morgan fingerprint density at radius 1 is 0.913 bits per heavy atom.